The average molecular weight is 186 g/mol. The quantitative estimate of drug-likeness (QED) is 0.402. The largest absolute Gasteiger partial charge is 0.0848 e. The first-order valence-corrected chi connectivity index (χ1v) is 6.13. The smallest absolute Gasteiger partial charge is 0.0160 e. The minimum Gasteiger partial charge on any atom is -0.0848 e. The summed E-state index contributed by atoms with van der Waals surface area (Å²) in [5.41, 5.74) is 3.52. The summed E-state index contributed by atoms with van der Waals surface area (Å²) in [6.07, 6.45) is 8.04. The predicted octanol–water partition coefficient (Wildman–Crippen LogP) is 3.41. The fraction of sp³-hybridized carbons (Fsp3) is 0.714. The molecule has 0 amide bonds. The van der Waals surface area contributed by atoms with Crippen LogP contribution in [0.3, 0.4) is 0 Å². The molecule has 0 radical (unpaired) electrons. The molecule has 0 N–H and O–H groups in total. The molecule has 0 aliphatic heterocycles. The van der Waals surface area contributed by atoms with E-state index in [1.54, 1.807) is 11.1 Å². The average Bonchev–Trinajstić information content (AvgIpc) is 2.87. The molecule has 4 aliphatic carbocycles. The highest BCUT2D eigenvalue weighted by molar-refractivity contribution is 5.34. The summed E-state index contributed by atoms with van der Waals surface area (Å²) >= 11 is 0. The normalized spacial score (nSPS) is 57.6. The van der Waals surface area contributed by atoms with E-state index in [1.165, 1.54) is 12.8 Å². The van der Waals surface area contributed by atoms with Gasteiger partial charge in [0.15, 0.2) is 0 Å². The number of fused-ring (bicyclic) bond motifs is 9. The van der Waals surface area contributed by atoms with Gasteiger partial charge in [0.25, 0.3) is 0 Å². The molecule has 2 saturated carbocycles. The minimum atomic E-state index is 0.961. The molecule has 4 rings (SSSR count). The Kier molecular flexibility index (Phi) is 1.20. The lowest BCUT2D eigenvalue weighted by Gasteiger charge is -2.33. The third-order valence-electron chi connectivity index (χ3n) is 5.75. The van der Waals surface area contributed by atoms with Crippen LogP contribution in [0, 0.1) is 35.5 Å². The first kappa shape index (κ1) is 7.73. The summed E-state index contributed by atoms with van der Waals surface area (Å²) in [7, 11) is 0. The Labute approximate surface area is 86.1 Å². The summed E-state index contributed by atoms with van der Waals surface area (Å²) in [6.45, 7) is 4.79. The standard InChI is InChI=1S/C14H18/c1-7-8(2)12-6-11(7)13-9-3-4-10(5-9)14(12)13/h3-4,9-14H,5-6H2,1-2H3. The van der Waals surface area contributed by atoms with Gasteiger partial charge < -0.3 is 0 Å². The van der Waals surface area contributed by atoms with Crippen LogP contribution in [0.25, 0.3) is 0 Å². The number of allylic oxidation sites excluding steroid dienone is 4. The van der Waals surface area contributed by atoms with Crippen molar-refractivity contribution in [1.82, 2.24) is 0 Å². The maximum Gasteiger partial charge on any atom is -0.0160 e. The first-order chi connectivity index (χ1) is 6.77. The molecule has 2 fully saturated rings. The minimum absolute atomic E-state index is 0.961. The van der Waals surface area contributed by atoms with Gasteiger partial charge in [-0.3, -0.25) is 0 Å². The first-order valence-electron chi connectivity index (χ1n) is 6.13. The molecule has 0 aromatic carbocycles. The van der Waals surface area contributed by atoms with Crippen molar-refractivity contribution in [2.24, 2.45) is 35.5 Å². The topological polar surface area (TPSA) is 0 Å². The van der Waals surface area contributed by atoms with E-state index in [2.05, 4.69) is 26.0 Å². The van der Waals surface area contributed by atoms with Gasteiger partial charge in [-0.1, -0.05) is 23.3 Å². The van der Waals surface area contributed by atoms with Gasteiger partial charge in [-0.05, 0) is 62.2 Å². The van der Waals surface area contributed by atoms with Gasteiger partial charge >= 0.3 is 0 Å². The van der Waals surface area contributed by atoms with E-state index in [9.17, 15) is 0 Å². The maximum absolute atomic E-state index is 2.52. The van der Waals surface area contributed by atoms with Gasteiger partial charge in [0.1, 0.15) is 0 Å². The molecule has 4 bridgehead atoms. The molecule has 0 nitrogen and oxygen atoms in total. The molecule has 4 aliphatic rings. The maximum atomic E-state index is 2.52. The predicted molar refractivity (Wildman–Crippen MR) is 57.7 cm³/mol. The van der Waals surface area contributed by atoms with Crippen molar-refractivity contribution in [2.45, 2.75) is 26.7 Å². The SMILES string of the molecule is CC1=C(C)C2CC1C1C3C=CC(C3)C21. The molecule has 0 heteroatoms. The lowest BCUT2D eigenvalue weighted by molar-refractivity contribution is 0.273. The Bertz CT molecular complexity index is 328. The van der Waals surface area contributed by atoms with Crippen LogP contribution in [0.4, 0.5) is 0 Å². The monoisotopic (exact) mass is 186 g/mol. The third-order valence-corrected chi connectivity index (χ3v) is 5.75. The third kappa shape index (κ3) is 0.637. The molecular formula is C14H18. The van der Waals surface area contributed by atoms with Crippen molar-refractivity contribution in [3.05, 3.63) is 23.3 Å². The second kappa shape index (κ2) is 2.18. The van der Waals surface area contributed by atoms with Crippen LogP contribution in [0.5, 0.6) is 0 Å². The highest BCUT2D eigenvalue weighted by Crippen LogP contribution is 2.66. The van der Waals surface area contributed by atoms with Gasteiger partial charge in [0, 0.05) is 0 Å². The van der Waals surface area contributed by atoms with E-state index in [0.717, 1.165) is 35.5 Å². The zero-order valence-corrected chi connectivity index (χ0v) is 9.03. The Morgan fingerprint density at radius 2 is 1.36 bits per heavy atom. The summed E-state index contributed by atoms with van der Waals surface area (Å²) in [4.78, 5) is 0. The van der Waals surface area contributed by atoms with Crippen molar-refractivity contribution in [3.63, 3.8) is 0 Å². The zero-order chi connectivity index (χ0) is 9.45. The number of hydrogen-bond donors (Lipinski definition) is 0. The second-order valence-corrected chi connectivity index (χ2v) is 5.92. The lowest BCUT2D eigenvalue weighted by atomic mass is 9.71. The van der Waals surface area contributed by atoms with Crippen molar-refractivity contribution in [2.75, 3.05) is 0 Å². The van der Waals surface area contributed by atoms with Crippen molar-refractivity contribution in [1.29, 1.82) is 0 Å². The van der Waals surface area contributed by atoms with Gasteiger partial charge in [-0.25, -0.2) is 0 Å². The van der Waals surface area contributed by atoms with E-state index >= 15 is 0 Å². The van der Waals surface area contributed by atoms with Crippen LogP contribution in [0.1, 0.15) is 26.7 Å². The van der Waals surface area contributed by atoms with Gasteiger partial charge in [-0.15, -0.1) is 0 Å². The Morgan fingerprint density at radius 3 is 1.86 bits per heavy atom. The Morgan fingerprint density at radius 1 is 0.857 bits per heavy atom. The van der Waals surface area contributed by atoms with Crippen LogP contribution in [-0.2, 0) is 0 Å². The molecule has 6 unspecified atom stereocenters. The van der Waals surface area contributed by atoms with E-state index in [-0.39, 0.29) is 0 Å². The van der Waals surface area contributed by atoms with Gasteiger partial charge in [0.05, 0.1) is 0 Å². The number of hydrogen-bond acceptors (Lipinski definition) is 0. The van der Waals surface area contributed by atoms with E-state index in [4.69, 9.17) is 0 Å². The fourth-order valence-corrected chi connectivity index (χ4v) is 5.14. The second-order valence-electron chi connectivity index (χ2n) is 5.92. The van der Waals surface area contributed by atoms with E-state index in [0.29, 0.717) is 0 Å². The molecule has 0 aromatic rings. The van der Waals surface area contributed by atoms with Crippen LogP contribution >= 0.6 is 0 Å². The summed E-state index contributed by atoms with van der Waals surface area (Å²) in [5.74, 6) is 5.98. The molecule has 0 saturated heterocycles. The summed E-state index contributed by atoms with van der Waals surface area (Å²) in [6, 6.07) is 0. The van der Waals surface area contributed by atoms with Crippen LogP contribution in [-0.4, -0.2) is 0 Å². The van der Waals surface area contributed by atoms with Crippen LogP contribution in [0.15, 0.2) is 23.3 Å². The highest BCUT2D eigenvalue weighted by atomic mass is 14.6. The Hall–Kier alpha value is -0.520. The van der Waals surface area contributed by atoms with Crippen LogP contribution in [0.2, 0.25) is 0 Å². The molecule has 14 heavy (non-hydrogen) atoms. The van der Waals surface area contributed by atoms with Gasteiger partial charge in [0.2, 0.25) is 0 Å². The zero-order valence-electron chi connectivity index (χ0n) is 9.03. The van der Waals surface area contributed by atoms with E-state index in [1.807, 2.05) is 0 Å². The lowest BCUT2D eigenvalue weighted by Crippen LogP contribution is -2.26. The number of rotatable bonds is 0. The molecular weight excluding hydrogens is 168 g/mol. The molecule has 0 aromatic heterocycles. The summed E-state index contributed by atoms with van der Waals surface area (Å²) in [5, 5.41) is 0. The molecule has 0 spiro atoms. The fourth-order valence-electron chi connectivity index (χ4n) is 5.14. The molecule has 0 heterocycles. The molecule has 6 atom stereocenters. The van der Waals surface area contributed by atoms with Crippen LogP contribution < -0.4 is 0 Å². The van der Waals surface area contributed by atoms with Crippen molar-refractivity contribution >= 4 is 0 Å². The van der Waals surface area contributed by atoms with Crippen molar-refractivity contribution < 1.29 is 0 Å². The highest BCUT2D eigenvalue weighted by Gasteiger charge is 2.58. The van der Waals surface area contributed by atoms with Gasteiger partial charge in [-0.2, -0.15) is 0 Å². The van der Waals surface area contributed by atoms with E-state index < -0.39 is 0 Å². The molecule has 74 valence electrons. The Balaban J connectivity index is 1.84. The summed E-state index contributed by atoms with van der Waals surface area (Å²) < 4.78 is 0. The van der Waals surface area contributed by atoms with Crippen molar-refractivity contribution in [3.8, 4) is 0 Å².